The van der Waals surface area contributed by atoms with Crippen molar-refractivity contribution in [2.45, 2.75) is 20.3 Å². The molecule has 1 aromatic carbocycles. The third kappa shape index (κ3) is 5.14. The van der Waals surface area contributed by atoms with Gasteiger partial charge in [-0.1, -0.05) is 32.0 Å². The highest BCUT2D eigenvalue weighted by Crippen LogP contribution is 2.24. The molecule has 1 amide bonds. The summed E-state index contributed by atoms with van der Waals surface area (Å²) in [7, 11) is 0. The molecule has 3 aromatic rings. The van der Waals surface area contributed by atoms with Crippen molar-refractivity contribution in [1.82, 2.24) is 20.1 Å². The van der Waals surface area contributed by atoms with Crippen molar-refractivity contribution in [2.24, 2.45) is 5.92 Å². The molecule has 0 aliphatic carbocycles. The molecule has 1 N–H and O–H groups in total. The summed E-state index contributed by atoms with van der Waals surface area (Å²) in [6.07, 6.45) is 9.77. The summed E-state index contributed by atoms with van der Waals surface area (Å²) in [6, 6.07) is 13.7. The lowest BCUT2D eigenvalue weighted by molar-refractivity contribution is -0.116. The minimum atomic E-state index is -0.0970. The van der Waals surface area contributed by atoms with Crippen LogP contribution in [0.2, 0.25) is 0 Å². The zero-order valence-electron chi connectivity index (χ0n) is 15.7. The second kappa shape index (κ2) is 8.94. The molecule has 5 nitrogen and oxygen atoms in total. The number of pyridine rings is 1. The zero-order chi connectivity index (χ0) is 19.1. The molecule has 0 unspecified atom stereocenters. The van der Waals surface area contributed by atoms with Crippen LogP contribution < -0.4 is 5.32 Å². The molecule has 0 aliphatic rings. The van der Waals surface area contributed by atoms with Crippen molar-refractivity contribution < 1.29 is 4.79 Å². The van der Waals surface area contributed by atoms with E-state index >= 15 is 0 Å². The third-order valence-electron chi connectivity index (χ3n) is 4.13. The second-order valence-electron chi connectivity index (χ2n) is 6.76. The van der Waals surface area contributed by atoms with E-state index in [0.29, 0.717) is 12.5 Å². The van der Waals surface area contributed by atoms with Gasteiger partial charge in [-0.3, -0.25) is 9.78 Å². The number of hydrogen-bond acceptors (Lipinski definition) is 3. The molecule has 2 aromatic heterocycles. The van der Waals surface area contributed by atoms with Gasteiger partial charge in [-0.15, -0.1) is 0 Å². The maximum atomic E-state index is 12.1. The Bertz CT molecular complexity index is 899. The van der Waals surface area contributed by atoms with E-state index in [0.717, 1.165) is 28.9 Å². The van der Waals surface area contributed by atoms with E-state index in [1.54, 1.807) is 24.5 Å². The van der Waals surface area contributed by atoms with Crippen molar-refractivity contribution in [3.63, 3.8) is 0 Å². The van der Waals surface area contributed by atoms with E-state index in [-0.39, 0.29) is 5.91 Å². The van der Waals surface area contributed by atoms with Crippen molar-refractivity contribution in [3.8, 4) is 16.9 Å². The molecule has 0 bridgehead atoms. The Morgan fingerprint density at radius 3 is 2.70 bits per heavy atom. The summed E-state index contributed by atoms with van der Waals surface area (Å²) in [6.45, 7) is 4.96. The Hall–Kier alpha value is -3.21. The van der Waals surface area contributed by atoms with Gasteiger partial charge in [0.15, 0.2) is 0 Å². The lowest BCUT2D eigenvalue weighted by Gasteiger charge is -2.04. The Labute approximate surface area is 159 Å². The fraction of sp³-hybridized carbons (Fsp3) is 0.227. The van der Waals surface area contributed by atoms with Crippen LogP contribution in [-0.4, -0.2) is 27.2 Å². The van der Waals surface area contributed by atoms with Crippen molar-refractivity contribution >= 4 is 12.0 Å². The van der Waals surface area contributed by atoms with Crippen molar-refractivity contribution in [3.05, 3.63) is 72.7 Å². The van der Waals surface area contributed by atoms with Crippen molar-refractivity contribution in [1.29, 1.82) is 0 Å². The first-order chi connectivity index (χ1) is 13.1. The predicted octanol–water partition coefficient (Wildman–Crippen LogP) is 4.11. The number of carbonyl (C=O) groups is 1. The molecule has 3 rings (SSSR count). The normalized spacial score (nSPS) is 11.2. The minimum absolute atomic E-state index is 0.0970. The fourth-order valence-electron chi connectivity index (χ4n) is 2.66. The van der Waals surface area contributed by atoms with Gasteiger partial charge in [0, 0.05) is 42.3 Å². The molecular weight excluding hydrogens is 336 g/mol. The summed E-state index contributed by atoms with van der Waals surface area (Å²) >= 11 is 0. The van der Waals surface area contributed by atoms with E-state index in [4.69, 9.17) is 5.10 Å². The number of carbonyl (C=O) groups excluding carboxylic acids is 1. The highest BCUT2D eigenvalue weighted by molar-refractivity contribution is 5.92. The smallest absolute Gasteiger partial charge is 0.244 e. The van der Waals surface area contributed by atoms with Crippen LogP contribution in [0.5, 0.6) is 0 Å². The number of para-hydroxylation sites is 1. The van der Waals surface area contributed by atoms with E-state index in [9.17, 15) is 4.79 Å². The van der Waals surface area contributed by atoms with Gasteiger partial charge in [-0.2, -0.15) is 5.10 Å². The van der Waals surface area contributed by atoms with Crippen molar-refractivity contribution in [2.75, 3.05) is 6.54 Å². The number of hydrogen-bond donors (Lipinski definition) is 1. The number of amides is 1. The average molecular weight is 360 g/mol. The summed E-state index contributed by atoms with van der Waals surface area (Å²) in [5.41, 5.74) is 3.53. The maximum absolute atomic E-state index is 12.1. The first-order valence-corrected chi connectivity index (χ1v) is 9.15. The SMILES string of the molecule is CC(C)CCNC(=O)/C=C/c1cn(-c2ccccc2)nc1-c1cccnc1. The molecule has 27 heavy (non-hydrogen) atoms. The summed E-state index contributed by atoms with van der Waals surface area (Å²) < 4.78 is 1.82. The minimum Gasteiger partial charge on any atom is -0.353 e. The molecule has 2 heterocycles. The van der Waals surface area contributed by atoms with Gasteiger partial charge < -0.3 is 5.32 Å². The predicted molar refractivity (Wildman–Crippen MR) is 108 cm³/mol. The van der Waals surface area contributed by atoms with Crippen LogP contribution in [0.25, 0.3) is 23.0 Å². The van der Waals surface area contributed by atoms with Gasteiger partial charge in [-0.05, 0) is 42.7 Å². The topological polar surface area (TPSA) is 59.8 Å². The molecule has 0 radical (unpaired) electrons. The third-order valence-corrected chi connectivity index (χ3v) is 4.13. The van der Waals surface area contributed by atoms with Gasteiger partial charge >= 0.3 is 0 Å². The Balaban J connectivity index is 1.85. The molecular formula is C22H24N4O. The van der Waals surface area contributed by atoms with Crippen LogP contribution >= 0.6 is 0 Å². The molecule has 0 atom stereocenters. The second-order valence-corrected chi connectivity index (χ2v) is 6.76. The average Bonchev–Trinajstić information content (AvgIpc) is 3.12. The maximum Gasteiger partial charge on any atom is 0.244 e. The molecule has 0 fully saturated rings. The zero-order valence-corrected chi connectivity index (χ0v) is 15.7. The summed E-state index contributed by atoms with van der Waals surface area (Å²) in [5, 5.41) is 7.62. The number of rotatable bonds is 7. The van der Waals surface area contributed by atoms with Gasteiger partial charge in [0.25, 0.3) is 0 Å². The van der Waals surface area contributed by atoms with Crippen LogP contribution in [0.15, 0.2) is 67.1 Å². The van der Waals surface area contributed by atoms with Crippen LogP contribution in [-0.2, 0) is 4.79 Å². The van der Waals surface area contributed by atoms with Gasteiger partial charge in [0.2, 0.25) is 5.91 Å². The van der Waals surface area contributed by atoms with Crippen LogP contribution in [0, 0.1) is 5.92 Å². The van der Waals surface area contributed by atoms with E-state index in [1.165, 1.54) is 0 Å². The van der Waals surface area contributed by atoms with E-state index < -0.39 is 0 Å². The largest absolute Gasteiger partial charge is 0.353 e. The van der Waals surface area contributed by atoms with Crippen LogP contribution in [0.4, 0.5) is 0 Å². The Morgan fingerprint density at radius 2 is 2.00 bits per heavy atom. The monoisotopic (exact) mass is 360 g/mol. The standard InChI is InChI=1S/C22H24N4O/c1-17(2)12-14-24-21(27)11-10-19-16-26(20-8-4-3-5-9-20)25-22(19)18-7-6-13-23-15-18/h3-11,13,15-17H,12,14H2,1-2H3,(H,24,27)/b11-10+. The lowest BCUT2D eigenvalue weighted by atomic mass is 10.1. The first kappa shape index (κ1) is 18.6. The molecule has 0 saturated heterocycles. The summed E-state index contributed by atoms with van der Waals surface area (Å²) in [5.74, 6) is 0.468. The number of aromatic nitrogens is 3. The Morgan fingerprint density at radius 1 is 1.19 bits per heavy atom. The highest BCUT2D eigenvalue weighted by atomic mass is 16.1. The van der Waals surface area contributed by atoms with Gasteiger partial charge in [0.1, 0.15) is 5.69 Å². The fourth-order valence-corrected chi connectivity index (χ4v) is 2.66. The first-order valence-electron chi connectivity index (χ1n) is 9.15. The molecule has 138 valence electrons. The molecule has 0 saturated carbocycles. The molecule has 5 heteroatoms. The quantitative estimate of drug-likeness (QED) is 0.645. The Kier molecular flexibility index (Phi) is 6.15. The summed E-state index contributed by atoms with van der Waals surface area (Å²) in [4.78, 5) is 16.3. The number of benzene rings is 1. The van der Waals surface area contributed by atoms with Crippen LogP contribution in [0.3, 0.4) is 0 Å². The van der Waals surface area contributed by atoms with Gasteiger partial charge in [-0.25, -0.2) is 4.68 Å². The van der Waals surface area contributed by atoms with E-state index in [2.05, 4.69) is 24.1 Å². The lowest BCUT2D eigenvalue weighted by Crippen LogP contribution is -2.23. The number of nitrogens with one attached hydrogen (secondary N) is 1. The number of nitrogens with zero attached hydrogens (tertiary/aromatic N) is 3. The molecule has 0 aliphatic heterocycles. The van der Waals surface area contributed by atoms with Gasteiger partial charge in [0.05, 0.1) is 5.69 Å². The van der Waals surface area contributed by atoms with Crippen LogP contribution in [0.1, 0.15) is 25.8 Å². The highest BCUT2D eigenvalue weighted by Gasteiger charge is 2.11. The van der Waals surface area contributed by atoms with E-state index in [1.807, 2.05) is 53.3 Å². The molecule has 0 spiro atoms.